The Morgan fingerprint density at radius 3 is 2.43 bits per heavy atom. The molecular formula is C18H30N2O. The van der Waals surface area contributed by atoms with E-state index in [1.807, 2.05) is 13.0 Å². The first-order valence-electron chi connectivity index (χ1n) is 8.01. The molecule has 0 saturated heterocycles. The van der Waals surface area contributed by atoms with Gasteiger partial charge in [-0.2, -0.15) is 0 Å². The summed E-state index contributed by atoms with van der Waals surface area (Å²) in [6.07, 6.45) is 5.08. The second-order valence-electron chi connectivity index (χ2n) is 7.19. The Morgan fingerprint density at radius 1 is 1.29 bits per heavy atom. The SMILES string of the molecule is COc1cccc(N(C)C2CCC(C)(C)CC2)c1C(C)N. The lowest BCUT2D eigenvalue weighted by Crippen LogP contribution is -2.38. The third-order valence-electron chi connectivity index (χ3n) is 4.95. The summed E-state index contributed by atoms with van der Waals surface area (Å²) in [6, 6.07) is 6.80. The van der Waals surface area contributed by atoms with Gasteiger partial charge in [0.15, 0.2) is 0 Å². The fraction of sp³-hybridized carbons (Fsp3) is 0.667. The molecule has 1 fully saturated rings. The van der Waals surface area contributed by atoms with Crippen LogP contribution in [-0.4, -0.2) is 20.2 Å². The van der Waals surface area contributed by atoms with Crippen LogP contribution in [0.2, 0.25) is 0 Å². The molecule has 3 nitrogen and oxygen atoms in total. The normalized spacial score (nSPS) is 20.1. The van der Waals surface area contributed by atoms with Gasteiger partial charge in [-0.15, -0.1) is 0 Å². The molecule has 0 radical (unpaired) electrons. The third kappa shape index (κ3) is 3.52. The van der Waals surface area contributed by atoms with Gasteiger partial charge in [-0.25, -0.2) is 0 Å². The highest BCUT2D eigenvalue weighted by atomic mass is 16.5. The minimum atomic E-state index is -0.0290. The lowest BCUT2D eigenvalue weighted by Gasteiger charge is -2.40. The molecule has 2 rings (SSSR count). The van der Waals surface area contributed by atoms with E-state index in [1.165, 1.54) is 31.4 Å². The average Bonchev–Trinajstić information content (AvgIpc) is 2.45. The molecule has 1 aliphatic carbocycles. The number of benzene rings is 1. The third-order valence-corrected chi connectivity index (χ3v) is 4.95. The topological polar surface area (TPSA) is 38.5 Å². The Bertz CT molecular complexity index is 472. The Labute approximate surface area is 129 Å². The molecule has 21 heavy (non-hydrogen) atoms. The highest BCUT2D eigenvalue weighted by Crippen LogP contribution is 2.40. The molecule has 0 amide bonds. The molecule has 1 unspecified atom stereocenters. The summed E-state index contributed by atoms with van der Waals surface area (Å²) >= 11 is 0. The van der Waals surface area contributed by atoms with Crippen molar-refractivity contribution in [3.8, 4) is 5.75 Å². The van der Waals surface area contributed by atoms with E-state index < -0.39 is 0 Å². The predicted molar refractivity (Wildman–Crippen MR) is 90.0 cm³/mol. The fourth-order valence-corrected chi connectivity index (χ4v) is 3.44. The molecule has 118 valence electrons. The van der Waals surface area contributed by atoms with Crippen molar-refractivity contribution in [3.05, 3.63) is 23.8 Å². The largest absolute Gasteiger partial charge is 0.496 e. The van der Waals surface area contributed by atoms with Crippen LogP contribution in [0.15, 0.2) is 18.2 Å². The van der Waals surface area contributed by atoms with Crippen molar-refractivity contribution >= 4 is 5.69 Å². The summed E-state index contributed by atoms with van der Waals surface area (Å²) in [5.74, 6) is 0.894. The molecule has 0 bridgehead atoms. The second-order valence-corrected chi connectivity index (χ2v) is 7.19. The molecule has 1 aromatic rings. The van der Waals surface area contributed by atoms with Crippen LogP contribution in [0.1, 0.15) is 58.1 Å². The van der Waals surface area contributed by atoms with Gasteiger partial charge in [0.25, 0.3) is 0 Å². The van der Waals surface area contributed by atoms with Crippen LogP contribution in [0, 0.1) is 5.41 Å². The van der Waals surface area contributed by atoms with Crippen LogP contribution in [-0.2, 0) is 0 Å². The predicted octanol–water partition coefficient (Wildman–Crippen LogP) is 4.12. The number of rotatable bonds is 4. The van der Waals surface area contributed by atoms with Gasteiger partial charge in [0.05, 0.1) is 7.11 Å². The van der Waals surface area contributed by atoms with E-state index in [4.69, 9.17) is 10.5 Å². The van der Waals surface area contributed by atoms with Crippen LogP contribution in [0.25, 0.3) is 0 Å². The van der Waals surface area contributed by atoms with Crippen molar-refractivity contribution in [3.63, 3.8) is 0 Å². The minimum Gasteiger partial charge on any atom is -0.496 e. The summed E-state index contributed by atoms with van der Waals surface area (Å²) in [5, 5.41) is 0. The van der Waals surface area contributed by atoms with Gasteiger partial charge in [-0.05, 0) is 50.2 Å². The first kappa shape index (κ1) is 16.2. The van der Waals surface area contributed by atoms with E-state index in [1.54, 1.807) is 7.11 Å². The number of nitrogens with zero attached hydrogens (tertiary/aromatic N) is 1. The number of hydrogen-bond donors (Lipinski definition) is 1. The maximum Gasteiger partial charge on any atom is 0.125 e. The summed E-state index contributed by atoms with van der Waals surface area (Å²) in [4.78, 5) is 2.41. The highest BCUT2D eigenvalue weighted by Gasteiger charge is 2.30. The van der Waals surface area contributed by atoms with Crippen LogP contribution in [0.4, 0.5) is 5.69 Å². The second kappa shape index (κ2) is 6.27. The maximum absolute atomic E-state index is 6.19. The molecule has 3 heteroatoms. The molecule has 0 heterocycles. The monoisotopic (exact) mass is 290 g/mol. The molecule has 0 spiro atoms. The number of nitrogens with two attached hydrogens (primary N) is 1. The number of ether oxygens (including phenoxy) is 1. The van der Waals surface area contributed by atoms with Gasteiger partial charge in [-0.3, -0.25) is 0 Å². The highest BCUT2D eigenvalue weighted by molar-refractivity contribution is 5.61. The van der Waals surface area contributed by atoms with Crippen molar-refractivity contribution in [2.24, 2.45) is 11.1 Å². The van der Waals surface area contributed by atoms with Crippen molar-refractivity contribution in [1.82, 2.24) is 0 Å². The van der Waals surface area contributed by atoms with Gasteiger partial charge in [0.1, 0.15) is 5.75 Å². The van der Waals surface area contributed by atoms with E-state index >= 15 is 0 Å². The molecule has 1 atom stereocenters. The summed E-state index contributed by atoms with van der Waals surface area (Å²) in [6.45, 7) is 6.78. The van der Waals surface area contributed by atoms with Gasteiger partial charge in [0.2, 0.25) is 0 Å². The first-order chi connectivity index (χ1) is 9.85. The maximum atomic E-state index is 6.19. The summed E-state index contributed by atoms with van der Waals surface area (Å²) in [5.41, 5.74) is 9.03. The number of methoxy groups -OCH3 is 1. The minimum absolute atomic E-state index is 0.0290. The van der Waals surface area contributed by atoms with E-state index in [-0.39, 0.29) is 6.04 Å². The van der Waals surface area contributed by atoms with E-state index in [0.29, 0.717) is 11.5 Å². The molecular weight excluding hydrogens is 260 g/mol. The average molecular weight is 290 g/mol. The lowest BCUT2D eigenvalue weighted by molar-refractivity contribution is 0.222. The van der Waals surface area contributed by atoms with Crippen LogP contribution in [0.5, 0.6) is 5.75 Å². The van der Waals surface area contributed by atoms with Gasteiger partial charge < -0.3 is 15.4 Å². The fourth-order valence-electron chi connectivity index (χ4n) is 3.44. The van der Waals surface area contributed by atoms with E-state index in [2.05, 4.69) is 37.9 Å². The molecule has 1 aromatic carbocycles. The molecule has 1 saturated carbocycles. The Morgan fingerprint density at radius 2 is 1.90 bits per heavy atom. The summed E-state index contributed by atoms with van der Waals surface area (Å²) < 4.78 is 5.51. The Hall–Kier alpha value is -1.22. The smallest absolute Gasteiger partial charge is 0.125 e. The van der Waals surface area contributed by atoms with Crippen molar-refractivity contribution in [1.29, 1.82) is 0 Å². The van der Waals surface area contributed by atoms with Crippen molar-refractivity contribution < 1.29 is 4.74 Å². The number of anilines is 1. The van der Waals surface area contributed by atoms with Crippen molar-refractivity contribution in [2.75, 3.05) is 19.1 Å². The molecule has 0 aliphatic heterocycles. The quantitative estimate of drug-likeness (QED) is 0.906. The zero-order valence-corrected chi connectivity index (χ0v) is 14.1. The van der Waals surface area contributed by atoms with E-state index in [0.717, 1.165) is 11.3 Å². The zero-order valence-electron chi connectivity index (χ0n) is 14.1. The van der Waals surface area contributed by atoms with E-state index in [9.17, 15) is 0 Å². The standard InChI is InChI=1S/C18H30N2O/c1-13(19)17-15(7-6-8-16(17)21-5)20(4)14-9-11-18(2,3)12-10-14/h6-8,13-14H,9-12,19H2,1-5H3. The lowest BCUT2D eigenvalue weighted by atomic mass is 9.75. The van der Waals surface area contributed by atoms with Gasteiger partial charge in [0, 0.05) is 30.4 Å². The first-order valence-corrected chi connectivity index (χ1v) is 8.01. The van der Waals surface area contributed by atoms with Crippen molar-refractivity contribution in [2.45, 2.75) is 58.5 Å². The molecule has 2 N–H and O–H groups in total. The molecule has 1 aliphatic rings. The van der Waals surface area contributed by atoms with Gasteiger partial charge in [-0.1, -0.05) is 19.9 Å². The van der Waals surface area contributed by atoms with Crippen LogP contribution in [0.3, 0.4) is 0 Å². The van der Waals surface area contributed by atoms with Crippen LogP contribution >= 0.6 is 0 Å². The Balaban J connectivity index is 2.25. The molecule has 0 aromatic heterocycles. The zero-order chi connectivity index (χ0) is 15.6. The van der Waals surface area contributed by atoms with Crippen LogP contribution < -0.4 is 15.4 Å². The summed E-state index contributed by atoms with van der Waals surface area (Å²) in [7, 11) is 3.91. The Kier molecular flexibility index (Phi) is 4.82. The number of hydrogen-bond acceptors (Lipinski definition) is 3. The van der Waals surface area contributed by atoms with Gasteiger partial charge >= 0.3 is 0 Å².